The second-order valence-corrected chi connectivity index (χ2v) is 8.41. The van der Waals surface area contributed by atoms with E-state index in [1.165, 1.54) is 0 Å². The van der Waals surface area contributed by atoms with Crippen molar-refractivity contribution in [1.82, 2.24) is 10.2 Å². The predicted octanol–water partition coefficient (Wildman–Crippen LogP) is 3.01. The van der Waals surface area contributed by atoms with Crippen molar-refractivity contribution in [3.8, 4) is 0 Å². The van der Waals surface area contributed by atoms with Gasteiger partial charge in [-0.2, -0.15) is 0 Å². The number of carboxylic acids is 1. The fourth-order valence-corrected chi connectivity index (χ4v) is 3.93. The average molecular weight is 411 g/mol. The smallest absolute Gasteiger partial charge is 0.326 e. The minimum absolute atomic E-state index is 0.202. The molecule has 2 aromatic rings. The van der Waals surface area contributed by atoms with E-state index < -0.39 is 17.6 Å². The van der Waals surface area contributed by atoms with Crippen molar-refractivity contribution in [3.05, 3.63) is 71.3 Å². The van der Waals surface area contributed by atoms with Gasteiger partial charge in [-0.3, -0.25) is 9.69 Å². The molecule has 6 nitrogen and oxygen atoms in total. The van der Waals surface area contributed by atoms with Gasteiger partial charge in [0.15, 0.2) is 0 Å². The molecular weight excluding hydrogens is 380 g/mol. The Morgan fingerprint density at radius 3 is 2.33 bits per heavy atom. The Hall–Kier alpha value is -2.70. The molecule has 1 saturated heterocycles. The number of aliphatic carboxylic acids is 1. The Bertz CT molecular complexity index is 874. The molecular formula is C24H30N2O4. The minimum atomic E-state index is -1.03. The molecule has 2 aromatic carbocycles. The number of nitrogens with zero attached hydrogens (tertiary/aromatic N) is 1. The van der Waals surface area contributed by atoms with Gasteiger partial charge in [0.1, 0.15) is 6.04 Å². The molecule has 160 valence electrons. The van der Waals surface area contributed by atoms with Gasteiger partial charge in [0.25, 0.3) is 5.91 Å². The monoisotopic (exact) mass is 410 g/mol. The van der Waals surface area contributed by atoms with Gasteiger partial charge in [-0.25, -0.2) is 4.79 Å². The normalized spacial score (nSPS) is 17.5. The third kappa shape index (κ3) is 5.26. The van der Waals surface area contributed by atoms with Crippen LogP contribution in [0.1, 0.15) is 48.2 Å². The van der Waals surface area contributed by atoms with E-state index in [1.807, 2.05) is 48.5 Å². The molecule has 3 N–H and O–H groups in total. The lowest BCUT2D eigenvalue weighted by Gasteiger charge is -2.38. The molecule has 1 aliphatic rings. The van der Waals surface area contributed by atoms with Crippen LogP contribution in [-0.4, -0.2) is 46.1 Å². The summed E-state index contributed by atoms with van der Waals surface area (Å²) in [6.45, 7) is 5.73. The topological polar surface area (TPSA) is 89.9 Å². The van der Waals surface area contributed by atoms with E-state index in [4.69, 9.17) is 0 Å². The zero-order valence-corrected chi connectivity index (χ0v) is 17.5. The van der Waals surface area contributed by atoms with Crippen LogP contribution in [-0.2, 0) is 16.9 Å². The predicted molar refractivity (Wildman–Crippen MR) is 115 cm³/mol. The van der Waals surface area contributed by atoms with Crippen molar-refractivity contribution >= 4 is 11.9 Å². The van der Waals surface area contributed by atoms with E-state index >= 15 is 0 Å². The van der Waals surface area contributed by atoms with Crippen molar-refractivity contribution < 1.29 is 19.8 Å². The summed E-state index contributed by atoms with van der Waals surface area (Å²) in [4.78, 5) is 26.1. The van der Waals surface area contributed by atoms with E-state index in [0.717, 1.165) is 24.2 Å². The summed E-state index contributed by atoms with van der Waals surface area (Å²) >= 11 is 0. The first-order valence-corrected chi connectivity index (χ1v) is 10.4. The second-order valence-electron chi connectivity index (χ2n) is 8.41. The van der Waals surface area contributed by atoms with Crippen LogP contribution >= 0.6 is 0 Å². The first-order chi connectivity index (χ1) is 14.3. The SMILES string of the molecule is CC(C)[C@H](NC(=O)c1cccc(CN2CCC(O)(c3ccccc3)CC2)c1)C(=O)O. The quantitative estimate of drug-likeness (QED) is 0.653. The number of piperidine rings is 1. The molecule has 0 radical (unpaired) electrons. The molecule has 0 saturated carbocycles. The zero-order valence-electron chi connectivity index (χ0n) is 17.5. The molecule has 0 unspecified atom stereocenters. The van der Waals surface area contributed by atoms with Crippen LogP contribution in [0.5, 0.6) is 0 Å². The molecule has 0 aromatic heterocycles. The second kappa shape index (κ2) is 9.41. The van der Waals surface area contributed by atoms with E-state index in [2.05, 4.69) is 10.2 Å². The minimum Gasteiger partial charge on any atom is -0.480 e. The Balaban J connectivity index is 1.61. The van der Waals surface area contributed by atoms with Gasteiger partial charge in [-0.05, 0) is 42.0 Å². The van der Waals surface area contributed by atoms with Crippen molar-refractivity contribution in [2.75, 3.05) is 13.1 Å². The summed E-state index contributed by atoms with van der Waals surface area (Å²) in [5, 5.41) is 22.9. The highest BCUT2D eigenvalue weighted by molar-refractivity contribution is 5.96. The fraction of sp³-hybridized carbons (Fsp3) is 0.417. The number of carbonyl (C=O) groups is 2. The number of aliphatic hydroxyl groups is 1. The Kier molecular flexibility index (Phi) is 6.90. The number of carboxylic acid groups (broad SMARTS) is 1. The average Bonchev–Trinajstić information content (AvgIpc) is 2.74. The highest BCUT2D eigenvalue weighted by atomic mass is 16.4. The van der Waals surface area contributed by atoms with Gasteiger partial charge < -0.3 is 15.5 Å². The molecule has 1 heterocycles. The van der Waals surface area contributed by atoms with Gasteiger partial charge in [0.05, 0.1) is 5.60 Å². The molecule has 0 aliphatic carbocycles. The molecule has 30 heavy (non-hydrogen) atoms. The van der Waals surface area contributed by atoms with E-state index in [0.29, 0.717) is 24.9 Å². The molecule has 1 aliphatic heterocycles. The van der Waals surface area contributed by atoms with Crippen molar-refractivity contribution in [2.24, 2.45) is 5.92 Å². The van der Waals surface area contributed by atoms with Crippen molar-refractivity contribution in [3.63, 3.8) is 0 Å². The number of likely N-dealkylation sites (tertiary alicyclic amines) is 1. The molecule has 1 fully saturated rings. The maximum Gasteiger partial charge on any atom is 0.326 e. The summed E-state index contributed by atoms with van der Waals surface area (Å²) in [6.07, 6.45) is 1.32. The third-order valence-electron chi connectivity index (χ3n) is 5.81. The lowest BCUT2D eigenvalue weighted by Crippen LogP contribution is -2.44. The van der Waals surface area contributed by atoms with Crippen molar-refractivity contribution in [2.45, 2.75) is 44.9 Å². The van der Waals surface area contributed by atoms with Crippen LogP contribution in [0.15, 0.2) is 54.6 Å². The third-order valence-corrected chi connectivity index (χ3v) is 5.81. The van der Waals surface area contributed by atoms with E-state index in [-0.39, 0.29) is 11.8 Å². The summed E-state index contributed by atoms with van der Waals surface area (Å²) in [7, 11) is 0. The Labute approximate surface area is 177 Å². The first kappa shape index (κ1) is 22.0. The Morgan fingerprint density at radius 1 is 1.07 bits per heavy atom. The Morgan fingerprint density at radius 2 is 1.73 bits per heavy atom. The standard InChI is InChI=1S/C24H30N2O4/c1-17(2)21(23(28)29)25-22(27)19-8-6-7-18(15-19)16-26-13-11-24(30,12-14-26)20-9-4-3-5-10-20/h3-10,15,17,21,30H,11-14,16H2,1-2H3,(H,25,27)(H,28,29)/t21-/m0/s1. The summed E-state index contributed by atoms with van der Waals surface area (Å²) in [5.74, 6) is -1.62. The largest absolute Gasteiger partial charge is 0.480 e. The van der Waals surface area contributed by atoms with Gasteiger partial charge >= 0.3 is 5.97 Å². The van der Waals surface area contributed by atoms with Crippen LogP contribution in [0.25, 0.3) is 0 Å². The van der Waals surface area contributed by atoms with Gasteiger partial charge in [0, 0.05) is 25.2 Å². The highest BCUT2D eigenvalue weighted by Gasteiger charge is 2.33. The summed E-state index contributed by atoms with van der Waals surface area (Å²) in [5.41, 5.74) is 1.62. The molecule has 0 bridgehead atoms. The number of amides is 1. The van der Waals surface area contributed by atoms with E-state index in [1.54, 1.807) is 19.9 Å². The number of hydrogen-bond acceptors (Lipinski definition) is 4. The first-order valence-electron chi connectivity index (χ1n) is 10.4. The number of nitrogens with one attached hydrogen (secondary N) is 1. The van der Waals surface area contributed by atoms with Gasteiger partial charge in [-0.1, -0.05) is 56.3 Å². The number of benzene rings is 2. The molecule has 1 atom stereocenters. The van der Waals surface area contributed by atoms with Crippen LogP contribution in [0.4, 0.5) is 0 Å². The summed E-state index contributed by atoms with van der Waals surface area (Å²) < 4.78 is 0. The number of carbonyl (C=O) groups excluding carboxylic acids is 1. The molecule has 1 amide bonds. The van der Waals surface area contributed by atoms with Crippen LogP contribution < -0.4 is 5.32 Å². The summed E-state index contributed by atoms with van der Waals surface area (Å²) in [6, 6.07) is 16.2. The molecule has 0 spiro atoms. The van der Waals surface area contributed by atoms with Crippen LogP contribution in [0.3, 0.4) is 0 Å². The maximum atomic E-state index is 12.5. The maximum absolute atomic E-state index is 12.5. The van der Waals surface area contributed by atoms with Crippen LogP contribution in [0, 0.1) is 5.92 Å². The van der Waals surface area contributed by atoms with E-state index in [9.17, 15) is 19.8 Å². The van der Waals surface area contributed by atoms with Gasteiger partial charge in [-0.15, -0.1) is 0 Å². The lowest BCUT2D eigenvalue weighted by atomic mass is 9.84. The molecule has 3 rings (SSSR count). The lowest BCUT2D eigenvalue weighted by molar-refractivity contribution is -0.140. The zero-order chi connectivity index (χ0) is 21.7. The van der Waals surface area contributed by atoms with Gasteiger partial charge in [0.2, 0.25) is 0 Å². The number of rotatable bonds is 7. The van der Waals surface area contributed by atoms with Crippen molar-refractivity contribution in [1.29, 1.82) is 0 Å². The number of hydrogen-bond donors (Lipinski definition) is 3. The fourth-order valence-electron chi connectivity index (χ4n) is 3.93. The highest BCUT2D eigenvalue weighted by Crippen LogP contribution is 2.33. The van der Waals surface area contributed by atoms with Crippen LogP contribution in [0.2, 0.25) is 0 Å². The molecule has 6 heteroatoms.